The van der Waals surface area contributed by atoms with Crippen molar-refractivity contribution in [1.29, 1.82) is 0 Å². The Labute approximate surface area is 203 Å². The second-order valence-electron chi connectivity index (χ2n) is 7.41. The number of anilines is 3. The third-order valence-corrected chi connectivity index (χ3v) is 7.21. The van der Waals surface area contributed by atoms with Crippen molar-refractivity contribution < 1.29 is 26.4 Å². The van der Waals surface area contributed by atoms with E-state index in [-0.39, 0.29) is 43.0 Å². The van der Waals surface area contributed by atoms with Crippen LogP contribution in [-0.2, 0) is 15.0 Å². The fourth-order valence-electron chi connectivity index (χ4n) is 3.37. The molecule has 1 heterocycles. The molecular weight excluding hydrogens is 574 g/mol. The summed E-state index contributed by atoms with van der Waals surface area (Å²) in [6, 6.07) is 5.78. The number of carbonyl (C=O) groups excluding carboxylic acids is 1. The number of nitrogens with zero attached hydrogens (tertiary/aromatic N) is 1. The van der Waals surface area contributed by atoms with E-state index >= 15 is 0 Å². The molecule has 0 bridgehead atoms. The number of nitrogens with one attached hydrogen (secondary N) is 4. The average molecular weight is 597 g/mol. The highest BCUT2D eigenvalue weighted by molar-refractivity contribution is 14.1. The first-order valence-electron chi connectivity index (χ1n) is 10.0. The zero-order valence-electron chi connectivity index (χ0n) is 17.6. The van der Waals surface area contributed by atoms with E-state index < -0.39 is 33.3 Å². The Morgan fingerprint density at radius 2 is 1.76 bits per heavy atom. The van der Waals surface area contributed by atoms with Gasteiger partial charge in [0.15, 0.2) is 11.6 Å². The molecule has 1 saturated heterocycles. The summed E-state index contributed by atoms with van der Waals surface area (Å²) in [5.74, 6) is -3.46. The van der Waals surface area contributed by atoms with Crippen LogP contribution in [-0.4, -0.2) is 51.4 Å². The fraction of sp³-hybridized carbons (Fsp3) is 0.350. The topological polar surface area (TPSA) is 103 Å². The molecule has 0 unspecified atom stereocenters. The van der Waals surface area contributed by atoms with Crippen molar-refractivity contribution >= 4 is 55.8 Å². The minimum absolute atomic E-state index is 0.123. The summed E-state index contributed by atoms with van der Waals surface area (Å²) >= 11 is 1.90. The predicted octanol–water partition coefficient (Wildman–Crippen LogP) is 2.91. The van der Waals surface area contributed by atoms with Gasteiger partial charge in [-0.25, -0.2) is 13.2 Å². The molecule has 1 fully saturated rings. The normalized spacial score (nSPS) is 15.3. The van der Waals surface area contributed by atoms with Crippen molar-refractivity contribution in [2.75, 3.05) is 36.7 Å². The minimum atomic E-state index is -4.13. The van der Waals surface area contributed by atoms with Gasteiger partial charge in [-0.1, -0.05) is 0 Å². The van der Waals surface area contributed by atoms with Crippen molar-refractivity contribution in [2.45, 2.75) is 18.9 Å². The van der Waals surface area contributed by atoms with Crippen LogP contribution in [0.4, 0.5) is 30.2 Å². The number of likely N-dealkylation sites (N-methyl/N-ethyl adjacent to an activating group) is 1. The van der Waals surface area contributed by atoms with Crippen LogP contribution in [0.25, 0.3) is 0 Å². The third kappa shape index (κ3) is 6.49. The highest BCUT2D eigenvalue weighted by atomic mass is 127. The maximum absolute atomic E-state index is 14.6. The van der Waals surface area contributed by atoms with Crippen LogP contribution >= 0.6 is 22.6 Å². The van der Waals surface area contributed by atoms with Crippen molar-refractivity contribution in [3.8, 4) is 0 Å². The molecule has 1 amide bonds. The van der Waals surface area contributed by atoms with Gasteiger partial charge in [0.1, 0.15) is 11.5 Å². The molecule has 0 saturated carbocycles. The number of hydrogen-bond acceptors (Lipinski definition) is 5. The molecule has 33 heavy (non-hydrogen) atoms. The van der Waals surface area contributed by atoms with Crippen LogP contribution < -0.4 is 20.7 Å². The van der Waals surface area contributed by atoms with E-state index in [1.807, 2.05) is 22.6 Å². The second kappa shape index (κ2) is 10.9. The van der Waals surface area contributed by atoms with Gasteiger partial charge in [-0.3, -0.25) is 9.52 Å². The monoisotopic (exact) mass is 597 g/mol. The zero-order valence-corrected chi connectivity index (χ0v) is 20.6. The molecule has 3 rings (SSSR count). The first-order chi connectivity index (χ1) is 15.6. The van der Waals surface area contributed by atoms with E-state index in [1.54, 1.807) is 13.1 Å². The Balaban J connectivity index is 1.76. The Bertz CT molecular complexity index is 1130. The van der Waals surface area contributed by atoms with Crippen molar-refractivity contribution in [3.05, 3.63) is 51.4 Å². The largest absolute Gasteiger partial charge is 0.352 e. The zero-order chi connectivity index (χ0) is 24.2. The summed E-state index contributed by atoms with van der Waals surface area (Å²) in [5, 5.41) is 8.01. The van der Waals surface area contributed by atoms with E-state index in [1.165, 1.54) is 12.1 Å². The molecular formula is C20H23F3IN5O3S. The molecule has 0 atom stereocenters. The predicted molar refractivity (Wildman–Crippen MR) is 128 cm³/mol. The summed E-state index contributed by atoms with van der Waals surface area (Å²) in [6.45, 7) is 0.406. The average Bonchev–Trinajstić information content (AvgIpc) is 2.75. The van der Waals surface area contributed by atoms with E-state index in [4.69, 9.17) is 0 Å². The third-order valence-electron chi connectivity index (χ3n) is 5.02. The standard InChI is InChI=1S/C20H23F3IN5O3S/c1-25-11-18(30)26-13-6-8-29(9-7-13)33(31,32)28-17-5-3-14(21)19(23)20(17)27-16-4-2-12(24)10-15(16)22/h2-5,10,13,25,27-28H,6-9,11H2,1H3,(H,26,30). The molecule has 0 aromatic heterocycles. The lowest BCUT2D eigenvalue weighted by atomic mass is 10.1. The van der Waals surface area contributed by atoms with Crippen LogP contribution in [0.15, 0.2) is 30.3 Å². The van der Waals surface area contributed by atoms with E-state index in [9.17, 15) is 26.4 Å². The van der Waals surface area contributed by atoms with E-state index in [0.717, 1.165) is 16.4 Å². The second-order valence-corrected chi connectivity index (χ2v) is 10.3. The van der Waals surface area contributed by atoms with E-state index in [0.29, 0.717) is 16.4 Å². The molecule has 13 heteroatoms. The Morgan fingerprint density at radius 1 is 1.09 bits per heavy atom. The summed E-state index contributed by atoms with van der Waals surface area (Å²) < 4.78 is 72.5. The maximum Gasteiger partial charge on any atom is 0.301 e. The Hall–Kier alpha value is -2.10. The Kier molecular flexibility index (Phi) is 8.42. The molecule has 8 nitrogen and oxygen atoms in total. The van der Waals surface area contributed by atoms with Gasteiger partial charge in [-0.2, -0.15) is 12.7 Å². The van der Waals surface area contributed by atoms with Gasteiger partial charge in [0.25, 0.3) is 0 Å². The van der Waals surface area contributed by atoms with E-state index in [2.05, 4.69) is 20.7 Å². The number of rotatable bonds is 8. The van der Waals surface area contributed by atoms with Gasteiger partial charge in [0, 0.05) is 22.7 Å². The van der Waals surface area contributed by atoms with Crippen LogP contribution in [0, 0.1) is 21.0 Å². The number of hydrogen-bond donors (Lipinski definition) is 4. The molecule has 2 aromatic rings. The molecule has 4 N–H and O–H groups in total. The van der Waals surface area contributed by atoms with Crippen LogP contribution in [0.1, 0.15) is 12.8 Å². The fourth-order valence-corrected chi connectivity index (χ4v) is 5.09. The molecule has 2 aromatic carbocycles. The minimum Gasteiger partial charge on any atom is -0.352 e. The molecule has 0 aliphatic carbocycles. The molecule has 1 aliphatic heterocycles. The lowest BCUT2D eigenvalue weighted by molar-refractivity contribution is -0.121. The lowest BCUT2D eigenvalue weighted by Crippen LogP contribution is -2.49. The van der Waals surface area contributed by atoms with Crippen LogP contribution in [0.2, 0.25) is 0 Å². The number of piperidine rings is 1. The maximum atomic E-state index is 14.6. The van der Waals surface area contributed by atoms with Gasteiger partial charge in [0.2, 0.25) is 5.91 Å². The van der Waals surface area contributed by atoms with Gasteiger partial charge < -0.3 is 16.0 Å². The summed E-state index contributed by atoms with van der Waals surface area (Å²) in [4.78, 5) is 11.7. The molecule has 1 aliphatic rings. The number of halogens is 4. The van der Waals surface area contributed by atoms with Crippen LogP contribution in [0.5, 0.6) is 0 Å². The molecule has 180 valence electrons. The quantitative estimate of drug-likeness (QED) is 0.351. The first-order valence-corrected chi connectivity index (χ1v) is 12.5. The lowest BCUT2D eigenvalue weighted by Gasteiger charge is -2.32. The van der Waals surface area contributed by atoms with Gasteiger partial charge >= 0.3 is 10.2 Å². The molecule has 0 spiro atoms. The van der Waals surface area contributed by atoms with Gasteiger partial charge in [0.05, 0.1) is 17.9 Å². The van der Waals surface area contributed by atoms with Gasteiger partial charge in [-0.15, -0.1) is 0 Å². The Morgan fingerprint density at radius 3 is 2.39 bits per heavy atom. The van der Waals surface area contributed by atoms with Crippen LogP contribution in [0.3, 0.4) is 0 Å². The summed E-state index contributed by atoms with van der Waals surface area (Å²) in [6.07, 6.45) is 0.792. The van der Waals surface area contributed by atoms with Crippen molar-refractivity contribution in [1.82, 2.24) is 14.9 Å². The number of amides is 1. The SMILES string of the molecule is CNCC(=O)NC1CCN(S(=O)(=O)Nc2ccc(F)c(F)c2Nc2ccc(I)cc2F)CC1. The molecule has 0 radical (unpaired) electrons. The van der Waals surface area contributed by atoms with Gasteiger partial charge in [-0.05, 0) is 72.8 Å². The first kappa shape index (κ1) is 25.5. The number of carbonyl (C=O) groups is 1. The summed E-state index contributed by atoms with van der Waals surface area (Å²) in [7, 11) is -2.48. The highest BCUT2D eigenvalue weighted by Gasteiger charge is 2.30. The van der Waals surface area contributed by atoms with Crippen molar-refractivity contribution in [2.24, 2.45) is 0 Å². The summed E-state index contributed by atoms with van der Waals surface area (Å²) in [5.41, 5.74) is -0.942. The van der Waals surface area contributed by atoms with Crippen molar-refractivity contribution in [3.63, 3.8) is 0 Å². The highest BCUT2D eigenvalue weighted by Crippen LogP contribution is 2.33. The number of benzene rings is 2. The smallest absolute Gasteiger partial charge is 0.301 e.